The van der Waals surface area contributed by atoms with Crippen LogP contribution in [0.3, 0.4) is 0 Å². The molecule has 53 valence electrons. The zero-order valence-corrected chi connectivity index (χ0v) is 6.06. The Bertz CT molecular complexity index is 64.6. The van der Waals surface area contributed by atoms with Crippen LogP contribution >= 0.6 is 0 Å². The molecule has 0 aliphatic carbocycles. The molecule has 0 aromatic heterocycles. The highest BCUT2D eigenvalue weighted by Crippen LogP contribution is 2.08. The molecule has 1 rings (SSSR count). The number of hydrogen-bond acceptors (Lipinski definition) is 1. The summed E-state index contributed by atoms with van der Waals surface area (Å²) in [6.07, 6.45) is 2.66. The Labute approximate surface area is 57.0 Å². The molecular formula is C7H15N2. The first-order valence-corrected chi connectivity index (χ1v) is 3.71. The van der Waals surface area contributed by atoms with E-state index in [9.17, 15) is 0 Å². The van der Waals surface area contributed by atoms with Crippen molar-refractivity contribution in [1.82, 2.24) is 10.6 Å². The van der Waals surface area contributed by atoms with E-state index in [1.807, 2.05) is 7.05 Å². The van der Waals surface area contributed by atoms with Crippen molar-refractivity contribution in [3.63, 3.8) is 0 Å². The summed E-state index contributed by atoms with van der Waals surface area (Å²) in [5.74, 6) is 0.823. The smallest absolute Gasteiger partial charge is 0.0173 e. The largest absolute Gasteiger partial charge is 0.319 e. The molecule has 1 aliphatic heterocycles. The van der Waals surface area contributed by atoms with E-state index in [1.54, 1.807) is 0 Å². The topological polar surface area (TPSA) is 26.1 Å². The molecule has 1 fully saturated rings. The molecule has 2 nitrogen and oxygen atoms in total. The predicted octanol–water partition coefficient (Wildman–Crippen LogP) is 0.220. The Morgan fingerprint density at radius 2 is 2.56 bits per heavy atom. The quantitative estimate of drug-likeness (QED) is 0.564. The summed E-state index contributed by atoms with van der Waals surface area (Å²) in [6, 6.07) is 0. The van der Waals surface area contributed by atoms with Gasteiger partial charge in [-0.3, -0.25) is 0 Å². The summed E-state index contributed by atoms with van der Waals surface area (Å²) in [6.45, 7) is 3.32. The summed E-state index contributed by atoms with van der Waals surface area (Å²) in [5, 5.41) is 7.51. The number of nitrogens with zero attached hydrogens (tertiary/aromatic N) is 1. The van der Waals surface area contributed by atoms with Gasteiger partial charge < -0.3 is 5.32 Å². The molecule has 0 spiro atoms. The minimum Gasteiger partial charge on any atom is -0.319 e. The zero-order valence-electron chi connectivity index (χ0n) is 6.06. The van der Waals surface area contributed by atoms with E-state index in [0.717, 1.165) is 25.6 Å². The number of piperidine rings is 1. The van der Waals surface area contributed by atoms with E-state index in [2.05, 4.69) is 10.6 Å². The Morgan fingerprint density at radius 1 is 1.67 bits per heavy atom. The van der Waals surface area contributed by atoms with Crippen molar-refractivity contribution in [1.29, 1.82) is 0 Å². The van der Waals surface area contributed by atoms with E-state index in [0.29, 0.717) is 0 Å². The lowest BCUT2D eigenvalue weighted by Gasteiger charge is -2.20. The Balaban J connectivity index is 2.08. The predicted molar refractivity (Wildman–Crippen MR) is 38.5 cm³/mol. The normalized spacial score (nSPS) is 28.3. The van der Waals surface area contributed by atoms with Crippen LogP contribution in [0.5, 0.6) is 0 Å². The van der Waals surface area contributed by atoms with Crippen molar-refractivity contribution in [2.45, 2.75) is 12.8 Å². The molecule has 0 saturated carbocycles. The summed E-state index contributed by atoms with van der Waals surface area (Å²) in [5.41, 5.74) is 0. The highest BCUT2D eigenvalue weighted by Gasteiger charge is 2.11. The van der Waals surface area contributed by atoms with Crippen LogP contribution in [0.1, 0.15) is 12.8 Å². The zero-order chi connectivity index (χ0) is 6.53. The molecule has 1 aliphatic rings. The lowest BCUT2D eigenvalue weighted by atomic mass is 10.00. The monoisotopic (exact) mass is 127 g/mol. The van der Waals surface area contributed by atoms with Crippen molar-refractivity contribution in [2.24, 2.45) is 5.92 Å². The van der Waals surface area contributed by atoms with Gasteiger partial charge in [0.2, 0.25) is 0 Å². The number of rotatable bonds is 2. The van der Waals surface area contributed by atoms with Gasteiger partial charge in [0.05, 0.1) is 0 Å². The van der Waals surface area contributed by atoms with Crippen LogP contribution in [0.15, 0.2) is 0 Å². The molecule has 1 saturated heterocycles. The average Bonchev–Trinajstić information content (AvgIpc) is 1.91. The first kappa shape index (κ1) is 7.03. The molecule has 1 N–H and O–H groups in total. The standard InChI is InChI=1S/C7H15N2/c1-8-5-7-3-2-4-9-6-7/h7-8H,2-6H2,1H3. The van der Waals surface area contributed by atoms with Crippen LogP contribution in [0, 0.1) is 5.92 Å². The molecule has 0 aromatic carbocycles. The van der Waals surface area contributed by atoms with Gasteiger partial charge in [-0.1, -0.05) is 0 Å². The lowest BCUT2D eigenvalue weighted by Crippen LogP contribution is -2.31. The van der Waals surface area contributed by atoms with Gasteiger partial charge in [-0.2, -0.15) is 0 Å². The van der Waals surface area contributed by atoms with Crippen molar-refractivity contribution < 1.29 is 0 Å². The van der Waals surface area contributed by atoms with Crippen LogP contribution in [0.4, 0.5) is 0 Å². The highest BCUT2D eigenvalue weighted by atomic mass is 14.9. The molecule has 0 amide bonds. The van der Waals surface area contributed by atoms with Crippen molar-refractivity contribution in [3.8, 4) is 0 Å². The SMILES string of the molecule is CNCC1CCC[N]C1. The van der Waals surface area contributed by atoms with Crippen molar-refractivity contribution in [3.05, 3.63) is 0 Å². The third-order valence-electron chi connectivity index (χ3n) is 1.81. The molecule has 1 radical (unpaired) electrons. The van der Waals surface area contributed by atoms with Crippen molar-refractivity contribution >= 4 is 0 Å². The molecule has 9 heavy (non-hydrogen) atoms. The Hall–Kier alpha value is -0.0800. The Morgan fingerprint density at radius 3 is 3.11 bits per heavy atom. The highest BCUT2D eigenvalue weighted by molar-refractivity contribution is 4.69. The van der Waals surface area contributed by atoms with Crippen LogP contribution in [-0.2, 0) is 0 Å². The molecule has 0 bridgehead atoms. The molecule has 1 atom stereocenters. The van der Waals surface area contributed by atoms with Crippen LogP contribution in [0.25, 0.3) is 0 Å². The Kier molecular flexibility index (Phi) is 3.01. The van der Waals surface area contributed by atoms with Gasteiger partial charge in [0.1, 0.15) is 0 Å². The lowest BCUT2D eigenvalue weighted by molar-refractivity contribution is 0.363. The van der Waals surface area contributed by atoms with E-state index >= 15 is 0 Å². The van der Waals surface area contributed by atoms with E-state index < -0.39 is 0 Å². The third-order valence-corrected chi connectivity index (χ3v) is 1.81. The van der Waals surface area contributed by atoms with Crippen LogP contribution in [-0.4, -0.2) is 26.7 Å². The van der Waals surface area contributed by atoms with Gasteiger partial charge >= 0.3 is 0 Å². The molecule has 1 heterocycles. The summed E-state index contributed by atoms with van der Waals surface area (Å²) >= 11 is 0. The van der Waals surface area contributed by atoms with E-state index in [4.69, 9.17) is 0 Å². The fraction of sp³-hybridized carbons (Fsp3) is 1.00. The summed E-state index contributed by atoms with van der Waals surface area (Å²) in [4.78, 5) is 0. The van der Waals surface area contributed by atoms with Gasteiger partial charge in [0.15, 0.2) is 0 Å². The van der Waals surface area contributed by atoms with Crippen LogP contribution < -0.4 is 10.6 Å². The second-order valence-corrected chi connectivity index (χ2v) is 2.70. The average molecular weight is 127 g/mol. The third kappa shape index (κ3) is 2.33. The van der Waals surface area contributed by atoms with Crippen molar-refractivity contribution in [2.75, 3.05) is 26.7 Å². The van der Waals surface area contributed by atoms with E-state index in [1.165, 1.54) is 12.8 Å². The summed E-state index contributed by atoms with van der Waals surface area (Å²) < 4.78 is 0. The van der Waals surface area contributed by atoms with Gasteiger partial charge in [-0.15, -0.1) is 0 Å². The van der Waals surface area contributed by atoms with Gasteiger partial charge in [0, 0.05) is 13.1 Å². The number of hydrogen-bond donors (Lipinski definition) is 1. The maximum Gasteiger partial charge on any atom is 0.0173 e. The minimum atomic E-state index is 0.823. The van der Waals surface area contributed by atoms with Gasteiger partial charge in [-0.05, 0) is 32.4 Å². The fourth-order valence-corrected chi connectivity index (χ4v) is 1.31. The molecule has 0 aromatic rings. The maximum atomic E-state index is 4.34. The fourth-order valence-electron chi connectivity index (χ4n) is 1.31. The van der Waals surface area contributed by atoms with Crippen LogP contribution in [0.2, 0.25) is 0 Å². The number of nitrogens with one attached hydrogen (secondary N) is 1. The first-order valence-electron chi connectivity index (χ1n) is 3.71. The summed E-state index contributed by atoms with van der Waals surface area (Å²) in [7, 11) is 2.01. The molecule has 1 unspecified atom stereocenters. The van der Waals surface area contributed by atoms with Gasteiger partial charge in [0.25, 0.3) is 0 Å². The minimum absolute atomic E-state index is 0.823. The van der Waals surface area contributed by atoms with E-state index in [-0.39, 0.29) is 0 Å². The second kappa shape index (κ2) is 3.85. The molecular weight excluding hydrogens is 112 g/mol. The maximum absolute atomic E-state index is 4.34. The molecule has 2 heteroatoms. The first-order chi connectivity index (χ1) is 4.43. The van der Waals surface area contributed by atoms with Gasteiger partial charge in [-0.25, -0.2) is 5.32 Å². The second-order valence-electron chi connectivity index (χ2n) is 2.70.